The molecule has 1 unspecified atom stereocenters. The fourth-order valence-electron chi connectivity index (χ4n) is 2.88. The molecule has 20 heavy (non-hydrogen) atoms. The second-order valence-corrected chi connectivity index (χ2v) is 5.28. The number of hydrogen-bond acceptors (Lipinski definition) is 6. The summed E-state index contributed by atoms with van der Waals surface area (Å²) < 4.78 is 5.12. The van der Waals surface area contributed by atoms with Gasteiger partial charge in [-0.05, 0) is 25.2 Å². The number of hydrogen-bond donors (Lipinski definition) is 2. The molecule has 112 valence electrons. The lowest BCUT2D eigenvalue weighted by atomic mass is 9.83. The first-order chi connectivity index (χ1) is 9.76. The quantitative estimate of drug-likeness (QED) is 0.834. The molecule has 1 heterocycles. The van der Waals surface area contributed by atoms with Crippen LogP contribution in [0, 0.1) is 5.92 Å². The van der Waals surface area contributed by atoms with Gasteiger partial charge < -0.3 is 15.4 Å². The minimum Gasteiger partial charge on any atom is -0.467 e. The first-order valence-electron chi connectivity index (χ1n) is 7.51. The van der Waals surface area contributed by atoms with E-state index in [1.165, 1.54) is 32.1 Å². The lowest BCUT2D eigenvalue weighted by Gasteiger charge is -2.30. The van der Waals surface area contributed by atoms with Crippen LogP contribution in [-0.2, 0) is 0 Å². The molecule has 2 N–H and O–H groups in total. The van der Waals surface area contributed by atoms with Crippen LogP contribution in [0.25, 0.3) is 0 Å². The number of anilines is 2. The average molecular weight is 279 g/mol. The number of nitrogens with zero attached hydrogens (tertiary/aromatic N) is 3. The summed E-state index contributed by atoms with van der Waals surface area (Å²) >= 11 is 0. The fourth-order valence-corrected chi connectivity index (χ4v) is 2.88. The predicted molar refractivity (Wildman–Crippen MR) is 80.2 cm³/mol. The van der Waals surface area contributed by atoms with Crippen molar-refractivity contribution in [2.45, 2.75) is 51.5 Å². The van der Waals surface area contributed by atoms with Gasteiger partial charge in [0.25, 0.3) is 0 Å². The van der Waals surface area contributed by atoms with E-state index in [0.29, 0.717) is 23.9 Å². The van der Waals surface area contributed by atoms with E-state index in [9.17, 15) is 0 Å². The zero-order valence-corrected chi connectivity index (χ0v) is 12.6. The highest BCUT2D eigenvalue weighted by Gasteiger charge is 2.23. The van der Waals surface area contributed by atoms with Crippen molar-refractivity contribution in [1.82, 2.24) is 15.0 Å². The van der Waals surface area contributed by atoms with E-state index in [1.807, 2.05) is 0 Å². The van der Waals surface area contributed by atoms with Crippen molar-refractivity contribution < 1.29 is 4.74 Å². The van der Waals surface area contributed by atoms with Crippen LogP contribution in [-0.4, -0.2) is 35.2 Å². The third-order valence-corrected chi connectivity index (χ3v) is 3.99. The molecule has 6 heteroatoms. The van der Waals surface area contributed by atoms with E-state index in [2.05, 4.69) is 32.5 Å². The summed E-state index contributed by atoms with van der Waals surface area (Å²) in [5.74, 6) is 1.84. The molecule has 1 atom stereocenters. The number of aromatic nitrogens is 3. The molecule has 1 aromatic rings. The zero-order chi connectivity index (χ0) is 14.4. The number of methoxy groups -OCH3 is 1. The Morgan fingerprint density at radius 1 is 1.15 bits per heavy atom. The molecule has 1 aromatic heterocycles. The van der Waals surface area contributed by atoms with Gasteiger partial charge in [-0.3, -0.25) is 0 Å². The summed E-state index contributed by atoms with van der Waals surface area (Å²) in [6.07, 6.45) is 7.72. The van der Waals surface area contributed by atoms with Gasteiger partial charge in [0.05, 0.1) is 7.11 Å². The Hall–Kier alpha value is -1.59. The van der Waals surface area contributed by atoms with E-state index in [1.54, 1.807) is 14.2 Å². The standard InChI is InChI=1S/C14H25N5O/c1-4-11(10-8-6-5-7-9-10)16-13-17-12(15-2)18-14(19-13)20-3/h10-11H,4-9H2,1-3H3,(H2,15,16,17,18,19). The zero-order valence-electron chi connectivity index (χ0n) is 12.6. The second-order valence-electron chi connectivity index (χ2n) is 5.28. The van der Waals surface area contributed by atoms with Gasteiger partial charge in [0.1, 0.15) is 0 Å². The van der Waals surface area contributed by atoms with Crippen molar-refractivity contribution in [3.63, 3.8) is 0 Å². The highest BCUT2D eigenvalue weighted by molar-refractivity contribution is 5.36. The van der Waals surface area contributed by atoms with Gasteiger partial charge in [-0.2, -0.15) is 15.0 Å². The van der Waals surface area contributed by atoms with Crippen molar-refractivity contribution in [2.24, 2.45) is 5.92 Å². The van der Waals surface area contributed by atoms with Gasteiger partial charge in [0.2, 0.25) is 11.9 Å². The Labute approximate surface area is 120 Å². The smallest absolute Gasteiger partial charge is 0.322 e. The predicted octanol–water partition coefficient (Wildman–Crippen LogP) is 2.69. The molecule has 0 aromatic carbocycles. The minimum atomic E-state index is 0.338. The molecule has 6 nitrogen and oxygen atoms in total. The Kier molecular flexibility index (Phi) is 5.38. The van der Waals surface area contributed by atoms with Gasteiger partial charge in [0, 0.05) is 13.1 Å². The highest BCUT2D eigenvalue weighted by Crippen LogP contribution is 2.29. The third-order valence-electron chi connectivity index (χ3n) is 3.99. The van der Waals surface area contributed by atoms with E-state index >= 15 is 0 Å². The largest absolute Gasteiger partial charge is 0.467 e. The first-order valence-corrected chi connectivity index (χ1v) is 7.51. The Morgan fingerprint density at radius 3 is 2.45 bits per heavy atom. The molecule has 0 spiro atoms. The maximum Gasteiger partial charge on any atom is 0.322 e. The van der Waals surface area contributed by atoms with Crippen LogP contribution in [0.3, 0.4) is 0 Å². The van der Waals surface area contributed by atoms with Crippen molar-refractivity contribution >= 4 is 11.9 Å². The van der Waals surface area contributed by atoms with E-state index in [-0.39, 0.29) is 0 Å². The lowest BCUT2D eigenvalue weighted by Crippen LogP contribution is -2.31. The van der Waals surface area contributed by atoms with Crippen LogP contribution in [0.5, 0.6) is 6.01 Å². The highest BCUT2D eigenvalue weighted by atomic mass is 16.5. The van der Waals surface area contributed by atoms with Gasteiger partial charge in [-0.15, -0.1) is 0 Å². The molecule has 1 aliphatic rings. The molecule has 0 bridgehead atoms. The van der Waals surface area contributed by atoms with Crippen molar-refractivity contribution in [1.29, 1.82) is 0 Å². The van der Waals surface area contributed by atoms with Gasteiger partial charge >= 0.3 is 6.01 Å². The normalized spacial score (nSPS) is 17.6. The Balaban J connectivity index is 2.09. The van der Waals surface area contributed by atoms with E-state index in [0.717, 1.165) is 12.3 Å². The van der Waals surface area contributed by atoms with Crippen LogP contribution in [0.4, 0.5) is 11.9 Å². The van der Waals surface area contributed by atoms with Crippen molar-refractivity contribution in [3.05, 3.63) is 0 Å². The van der Waals surface area contributed by atoms with E-state index < -0.39 is 0 Å². The summed E-state index contributed by atoms with van der Waals surface area (Å²) in [5.41, 5.74) is 0. The van der Waals surface area contributed by atoms with Gasteiger partial charge in [-0.25, -0.2) is 0 Å². The minimum absolute atomic E-state index is 0.338. The van der Waals surface area contributed by atoms with Gasteiger partial charge in [0.15, 0.2) is 0 Å². The maximum absolute atomic E-state index is 5.12. The van der Waals surface area contributed by atoms with Crippen LogP contribution < -0.4 is 15.4 Å². The molecule has 1 aliphatic carbocycles. The first kappa shape index (κ1) is 14.8. The number of ether oxygens (including phenoxy) is 1. The average Bonchev–Trinajstić information content (AvgIpc) is 2.53. The molecule has 0 amide bonds. The van der Waals surface area contributed by atoms with Crippen molar-refractivity contribution in [2.75, 3.05) is 24.8 Å². The number of rotatable bonds is 6. The molecule has 2 rings (SSSR count). The summed E-state index contributed by atoms with van der Waals surface area (Å²) in [6.45, 7) is 2.21. The summed E-state index contributed by atoms with van der Waals surface area (Å²) in [7, 11) is 3.36. The molecule has 1 fully saturated rings. The van der Waals surface area contributed by atoms with Crippen LogP contribution in [0.2, 0.25) is 0 Å². The second kappa shape index (κ2) is 7.26. The van der Waals surface area contributed by atoms with Crippen molar-refractivity contribution in [3.8, 4) is 6.01 Å². The molecule has 0 radical (unpaired) electrons. The molecular formula is C14H25N5O. The summed E-state index contributed by atoms with van der Waals surface area (Å²) in [6, 6.07) is 0.762. The Morgan fingerprint density at radius 2 is 1.85 bits per heavy atom. The monoisotopic (exact) mass is 279 g/mol. The SMILES string of the molecule is CCC(Nc1nc(NC)nc(OC)n1)C1CCCCC1. The molecule has 1 saturated carbocycles. The summed E-state index contributed by atoms with van der Waals surface area (Å²) in [5, 5.41) is 6.40. The molecular weight excluding hydrogens is 254 g/mol. The lowest BCUT2D eigenvalue weighted by molar-refractivity contribution is 0.311. The maximum atomic E-state index is 5.12. The molecule has 0 aliphatic heterocycles. The van der Waals surface area contributed by atoms with Crippen LogP contribution in [0.15, 0.2) is 0 Å². The Bertz CT molecular complexity index is 398. The van der Waals surface area contributed by atoms with E-state index in [4.69, 9.17) is 4.74 Å². The summed E-state index contributed by atoms with van der Waals surface area (Å²) in [4.78, 5) is 12.8. The van der Waals surface area contributed by atoms with Crippen LogP contribution >= 0.6 is 0 Å². The fraction of sp³-hybridized carbons (Fsp3) is 0.786. The molecule has 0 saturated heterocycles. The number of nitrogens with one attached hydrogen (secondary N) is 2. The third kappa shape index (κ3) is 3.71. The van der Waals surface area contributed by atoms with Crippen LogP contribution in [0.1, 0.15) is 45.4 Å². The van der Waals surface area contributed by atoms with Gasteiger partial charge in [-0.1, -0.05) is 26.2 Å². The topological polar surface area (TPSA) is 72.0 Å².